The summed E-state index contributed by atoms with van der Waals surface area (Å²) in [6.45, 7) is 11.4. The van der Waals surface area contributed by atoms with E-state index >= 15 is 0 Å². The summed E-state index contributed by atoms with van der Waals surface area (Å²) in [7, 11) is 0. The molecule has 1 saturated carbocycles. The molecule has 0 atom stereocenters. The Morgan fingerprint density at radius 1 is 1.12 bits per heavy atom. The lowest BCUT2D eigenvalue weighted by atomic mass is 9.69. The van der Waals surface area contributed by atoms with Crippen molar-refractivity contribution in [2.24, 2.45) is 17.3 Å². The number of allylic oxidation sites excluding steroid dienone is 1. The van der Waals surface area contributed by atoms with Crippen molar-refractivity contribution in [2.75, 3.05) is 0 Å². The molecule has 136 valence electrons. The molecular weight excluding hydrogens is 306 g/mol. The third-order valence-corrected chi connectivity index (χ3v) is 6.05. The second-order valence-electron chi connectivity index (χ2n) is 9.72. The Kier molecular flexibility index (Phi) is 4.83. The first-order valence-electron chi connectivity index (χ1n) is 9.78. The molecule has 1 fully saturated rings. The van der Waals surface area contributed by atoms with Gasteiger partial charge in [-0.15, -0.1) is 0 Å². The molecule has 0 radical (unpaired) electrons. The number of carbonyl (C=O) groups is 1. The Hall–Kier alpha value is -1.57. The van der Waals surface area contributed by atoms with Crippen LogP contribution in [0.15, 0.2) is 30.3 Å². The summed E-state index contributed by atoms with van der Waals surface area (Å²) >= 11 is 0. The van der Waals surface area contributed by atoms with Crippen LogP contribution >= 0.6 is 0 Å². The molecule has 25 heavy (non-hydrogen) atoms. The molecule has 2 heteroatoms. The zero-order valence-electron chi connectivity index (χ0n) is 16.5. The summed E-state index contributed by atoms with van der Waals surface area (Å²) < 4.78 is 0. The van der Waals surface area contributed by atoms with Gasteiger partial charge in [-0.2, -0.15) is 0 Å². The Labute approximate surface area is 153 Å². The lowest BCUT2D eigenvalue weighted by Gasteiger charge is -2.37. The summed E-state index contributed by atoms with van der Waals surface area (Å²) in [4.78, 5) is 12.9. The maximum absolute atomic E-state index is 12.9. The molecule has 0 aromatic heterocycles. The highest BCUT2D eigenvalue weighted by molar-refractivity contribution is 5.98. The maximum Gasteiger partial charge on any atom is 0.160 e. The van der Waals surface area contributed by atoms with Gasteiger partial charge in [0.2, 0.25) is 0 Å². The van der Waals surface area contributed by atoms with E-state index in [1.165, 1.54) is 24.0 Å². The average Bonchev–Trinajstić information content (AvgIpc) is 2.53. The number of carbonyl (C=O) groups excluding carboxylic acids is 1. The van der Waals surface area contributed by atoms with Gasteiger partial charge >= 0.3 is 0 Å². The van der Waals surface area contributed by atoms with E-state index in [2.05, 4.69) is 64.2 Å². The molecule has 2 nitrogen and oxygen atoms in total. The first-order valence-corrected chi connectivity index (χ1v) is 9.78. The number of ketones is 1. The van der Waals surface area contributed by atoms with Gasteiger partial charge < -0.3 is 5.32 Å². The minimum Gasteiger partial charge on any atom is -0.379 e. The van der Waals surface area contributed by atoms with Gasteiger partial charge in [0.1, 0.15) is 0 Å². The van der Waals surface area contributed by atoms with E-state index < -0.39 is 0 Å². The first kappa shape index (κ1) is 18.2. The number of hydrogen-bond donors (Lipinski definition) is 1. The molecular formula is C23H33NO. The summed E-state index contributed by atoms with van der Waals surface area (Å²) in [5.41, 5.74) is 3.89. The van der Waals surface area contributed by atoms with E-state index in [0.717, 1.165) is 30.9 Å². The third-order valence-electron chi connectivity index (χ3n) is 6.05. The monoisotopic (exact) mass is 339 g/mol. The van der Waals surface area contributed by atoms with Gasteiger partial charge in [0.25, 0.3) is 0 Å². The highest BCUT2D eigenvalue weighted by atomic mass is 16.1. The molecule has 3 rings (SSSR count). The topological polar surface area (TPSA) is 29.1 Å². The van der Waals surface area contributed by atoms with Crippen LogP contribution in [-0.2, 0) is 11.2 Å². The number of hydrogen-bond acceptors (Lipinski definition) is 2. The van der Waals surface area contributed by atoms with Gasteiger partial charge in [-0.05, 0) is 62.8 Å². The van der Waals surface area contributed by atoms with Crippen molar-refractivity contribution in [1.29, 1.82) is 0 Å². The Morgan fingerprint density at radius 3 is 2.40 bits per heavy atom. The van der Waals surface area contributed by atoms with Crippen LogP contribution in [0.1, 0.15) is 71.4 Å². The first-order chi connectivity index (χ1) is 11.7. The van der Waals surface area contributed by atoms with E-state index in [1.807, 2.05) is 6.08 Å². The Morgan fingerprint density at radius 2 is 1.76 bits per heavy atom. The van der Waals surface area contributed by atoms with Gasteiger partial charge in [-0.3, -0.25) is 4.79 Å². The minimum atomic E-state index is -0.00956. The van der Waals surface area contributed by atoms with Gasteiger partial charge in [0, 0.05) is 28.8 Å². The second-order valence-corrected chi connectivity index (χ2v) is 9.72. The standard InChI is InChI=1S/C23H33NO/c1-22(2,3)18-12-10-16(11-13-18)21(25)14-20-19-9-7-6-8-17(19)15-23(4,5)24-20/h6-9,14,16,18,24H,10-13,15H2,1-5H3/b20-14-/t16-,18-. The molecule has 1 N–H and O–H groups in total. The fraction of sp³-hybridized carbons (Fsp3) is 0.609. The smallest absolute Gasteiger partial charge is 0.160 e. The quantitative estimate of drug-likeness (QED) is 0.734. The Bertz CT molecular complexity index is 670. The predicted molar refractivity (Wildman–Crippen MR) is 105 cm³/mol. The van der Waals surface area contributed by atoms with Crippen LogP contribution in [0.3, 0.4) is 0 Å². The molecule has 0 spiro atoms. The van der Waals surface area contributed by atoms with Gasteiger partial charge in [-0.1, -0.05) is 45.0 Å². The largest absolute Gasteiger partial charge is 0.379 e. The van der Waals surface area contributed by atoms with Crippen LogP contribution in [0.5, 0.6) is 0 Å². The summed E-state index contributed by atoms with van der Waals surface area (Å²) in [5.74, 6) is 1.25. The molecule has 1 aromatic carbocycles. The predicted octanol–water partition coefficient (Wildman–Crippen LogP) is 5.37. The van der Waals surface area contributed by atoms with Crippen LogP contribution in [-0.4, -0.2) is 11.3 Å². The van der Waals surface area contributed by atoms with Crippen molar-refractivity contribution in [3.63, 3.8) is 0 Å². The fourth-order valence-corrected chi connectivity index (χ4v) is 4.51. The molecule has 2 aliphatic rings. The van der Waals surface area contributed by atoms with Crippen molar-refractivity contribution in [1.82, 2.24) is 5.32 Å². The fourth-order valence-electron chi connectivity index (χ4n) is 4.51. The van der Waals surface area contributed by atoms with E-state index in [-0.39, 0.29) is 11.5 Å². The van der Waals surface area contributed by atoms with Crippen LogP contribution < -0.4 is 5.32 Å². The van der Waals surface area contributed by atoms with E-state index in [4.69, 9.17) is 0 Å². The molecule has 1 aromatic rings. The van der Waals surface area contributed by atoms with Crippen LogP contribution in [0.25, 0.3) is 5.70 Å². The summed E-state index contributed by atoms with van der Waals surface area (Å²) in [6.07, 6.45) is 7.32. The van der Waals surface area contributed by atoms with Crippen LogP contribution in [0.4, 0.5) is 0 Å². The zero-order valence-corrected chi connectivity index (χ0v) is 16.5. The van der Waals surface area contributed by atoms with Gasteiger partial charge in [-0.25, -0.2) is 0 Å². The van der Waals surface area contributed by atoms with Crippen LogP contribution in [0.2, 0.25) is 0 Å². The van der Waals surface area contributed by atoms with E-state index in [1.54, 1.807) is 0 Å². The highest BCUT2D eigenvalue weighted by Gasteiger charge is 2.33. The van der Waals surface area contributed by atoms with E-state index in [0.29, 0.717) is 11.2 Å². The third kappa shape index (κ3) is 4.16. The molecule has 0 unspecified atom stereocenters. The van der Waals surface area contributed by atoms with E-state index in [9.17, 15) is 4.79 Å². The number of fused-ring (bicyclic) bond motifs is 1. The number of benzene rings is 1. The molecule has 0 saturated heterocycles. The minimum absolute atomic E-state index is 0.00956. The second kappa shape index (κ2) is 6.63. The molecule has 1 aliphatic heterocycles. The van der Waals surface area contributed by atoms with Crippen molar-refractivity contribution < 1.29 is 4.79 Å². The van der Waals surface area contributed by atoms with Gasteiger partial charge in [0.05, 0.1) is 0 Å². The lowest BCUT2D eigenvalue weighted by molar-refractivity contribution is -0.119. The molecule has 1 aliphatic carbocycles. The van der Waals surface area contributed by atoms with Crippen molar-refractivity contribution in [2.45, 2.75) is 72.3 Å². The molecule has 1 heterocycles. The van der Waals surface area contributed by atoms with Gasteiger partial charge in [0.15, 0.2) is 5.78 Å². The maximum atomic E-state index is 12.9. The summed E-state index contributed by atoms with van der Waals surface area (Å²) in [5, 5.41) is 3.59. The zero-order chi connectivity index (χ0) is 18.2. The Balaban J connectivity index is 1.76. The summed E-state index contributed by atoms with van der Waals surface area (Å²) in [6, 6.07) is 8.47. The number of nitrogens with one attached hydrogen (secondary N) is 1. The van der Waals surface area contributed by atoms with Crippen molar-refractivity contribution in [3.05, 3.63) is 41.5 Å². The normalized spacial score (nSPS) is 27.5. The van der Waals surface area contributed by atoms with Crippen molar-refractivity contribution in [3.8, 4) is 0 Å². The SMILES string of the molecule is CC1(C)Cc2ccccc2/C(=C/C(=O)[C@H]2CC[C@H](C(C)(C)C)CC2)N1. The number of rotatable bonds is 2. The van der Waals surface area contributed by atoms with Crippen LogP contribution in [0, 0.1) is 17.3 Å². The van der Waals surface area contributed by atoms with Crippen molar-refractivity contribution >= 4 is 11.5 Å². The highest BCUT2D eigenvalue weighted by Crippen LogP contribution is 2.40. The molecule has 0 bridgehead atoms. The average molecular weight is 340 g/mol. The lowest BCUT2D eigenvalue weighted by Crippen LogP contribution is -2.44. The molecule has 0 amide bonds.